The molecule has 0 aliphatic carbocycles. The second kappa shape index (κ2) is 12.5. The molecule has 4 heteroatoms. The van der Waals surface area contributed by atoms with Gasteiger partial charge in [0.2, 0.25) is 0 Å². The zero-order valence-electron chi connectivity index (χ0n) is 18.5. The summed E-state index contributed by atoms with van der Waals surface area (Å²) in [4.78, 5) is 25.2. The fourth-order valence-electron chi connectivity index (χ4n) is 3.42. The van der Waals surface area contributed by atoms with Crippen molar-refractivity contribution < 1.29 is 19.1 Å². The first-order chi connectivity index (χ1) is 15.7. The van der Waals surface area contributed by atoms with Crippen LogP contribution in [0.2, 0.25) is 0 Å². The van der Waals surface area contributed by atoms with Crippen molar-refractivity contribution >= 4 is 11.9 Å². The second-order valence-corrected chi connectivity index (χ2v) is 7.84. The number of unbranched alkanes of at least 4 members (excludes halogenated alkanes) is 1. The van der Waals surface area contributed by atoms with Crippen LogP contribution in [0.15, 0.2) is 84.9 Å². The smallest absolute Gasteiger partial charge is 0.310 e. The topological polar surface area (TPSA) is 52.6 Å². The number of carbonyl (C=O) groups is 2. The van der Waals surface area contributed by atoms with Crippen molar-refractivity contribution in [3.8, 4) is 11.1 Å². The van der Waals surface area contributed by atoms with E-state index in [4.69, 9.17) is 9.47 Å². The van der Waals surface area contributed by atoms with Crippen LogP contribution in [0.5, 0.6) is 0 Å². The number of carbonyl (C=O) groups excluding carboxylic acids is 2. The van der Waals surface area contributed by atoms with Gasteiger partial charge in [0.1, 0.15) is 6.61 Å². The Bertz CT molecular complexity index is 965. The molecule has 0 radical (unpaired) electrons. The van der Waals surface area contributed by atoms with Gasteiger partial charge in [-0.1, -0.05) is 98.3 Å². The Morgan fingerprint density at radius 2 is 1.38 bits per heavy atom. The van der Waals surface area contributed by atoms with E-state index in [1.54, 1.807) is 0 Å². The molecule has 0 bridgehead atoms. The lowest BCUT2D eigenvalue weighted by Crippen LogP contribution is -2.24. The number of ether oxygens (including phenoxy) is 2. The van der Waals surface area contributed by atoms with Gasteiger partial charge in [-0.25, -0.2) is 0 Å². The largest absolute Gasteiger partial charge is 0.466 e. The summed E-state index contributed by atoms with van der Waals surface area (Å²) in [7, 11) is 0. The zero-order valence-corrected chi connectivity index (χ0v) is 18.5. The highest BCUT2D eigenvalue weighted by atomic mass is 16.5. The van der Waals surface area contributed by atoms with E-state index < -0.39 is 5.92 Å². The monoisotopic (exact) mass is 430 g/mol. The summed E-state index contributed by atoms with van der Waals surface area (Å²) in [6.45, 7) is 2.61. The molecule has 0 fully saturated rings. The van der Waals surface area contributed by atoms with Crippen LogP contribution >= 0.6 is 0 Å². The van der Waals surface area contributed by atoms with Crippen LogP contribution in [0.3, 0.4) is 0 Å². The molecule has 1 atom stereocenters. The van der Waals surface area contributed by atoms with Gasteiger partial charge in [-0.2, -0.15) is 0 Å². The van der Waals surface area contributed by atoms with E-state index >= 15 is 0 Å². The van der Waals surface area contributed by atoms with Crippen LogP contribution in [0.25, 0.3) is 11.1 Å². The highest BCUT2D eigenvalue weighted by molar-refractivity contribution is 5.80. The van der Waals surface area contributed by atoms with Gasteiger partial charge in [-0.3, -0.25) is 9.59 Å². The van der Waals surface area contributed by atoms with Crippen molar-refractivity contribution in [2.75, 3.05) is 6.61 Å². The standard InChI is InChI=1S/C28H30O4/c1-2-3-18-31-27(29)20-26(28(30)32-21-23-10-6-4-7-11-23)19-22-14-16-25(17-15-22)24-12-8-5-9-13-24/h4-17,26H,2-3,18-21H2,1H3/t26-/m0/s1. The van der Waals surface area contributed by atoms with Crippen molar-refractivity contribution in [1.82, 2.24) is 0 Å². The number of rotatable bonds is 11. The van der Waals surface area contributed by atoms with Crippen molar-refractivity contribution in [3.63, 3.8) is 0 Å². The summed E-state index contributed by atoms with van der Waals surface area (Å²) in [5, 5.41) is 0. The SMILES string of the molecule is CCCCOC(=O)C[C@H](Cc1ccc(-c2ccccc2)cc1)C(=O)OCc1ccccc1. The maximum Gasteiger partial charge on any atom is 0.310 e. The fraction of sp³-hybridized carbons (Fsp3) is 0.286. The maximum atomic E-state index is 12.8. The predicted octanol–water partition coefficient (Wildman–Crippen LogP) is 5.99. The molecule has 0 N–H and O–H groups in total. The van der Waals surface area contributed by atoms with Gasteiger partial charge in [-0.15, -0.1) is 0 Å². The minimum Gasteiger partial charge on any atom is -0.466 e. The molecule has 0 saturated carbocycles. The van der Waals surface area contributed by atoms with Crippen molar-refractivity contribution in [2.24, 2.45) is 5.92 Å². The summed E-state index contributed by atoms with van der Waals surface area (Å²) in [5.41, 5.74) is 4.14. The lowest BCUT2D eigenvalue weighted by molar-refractivity contribution is -0.156. The summed E-state index contributed by atoms with van der Waals surface area (Å²) < 4.78 is 10.8. The Kier molecular flexibility index (Phi) is 9.05. The first kappa shape index (κ1) is 23.3. The molecule has 32 heavy (non-hydrogen) atoms. The van der Waals surface area contributed by atoms with Crippen LogP contribution in [0.4, 0.5) is 0 Å². The summed E-state index contributed by atoms with van der Waals surface area (Å²) in [5.74, 6) is -1.33. The van der Waals surface area contributed by atoms with Crippen molar-refractivity contribution in [3.05, 3.63) is 96.1 Å². The molecule has 0 heterocycles. The molecule has 3 aromatic rings. The summed E-state index contributed by atoms with van der Waals surface area (Å²) in [6, 6.07) is 27.7. The third-order valence-corrected chi connectivity index (χ3v) is 5.27. The maximum absolute atomic E-state index is 12.8. The van der Waals surface area contributed by atoms with Gasteiger partial charge in [0.15, 0.2) is 0 Å². The van der Waals surface area contributed by atoms with E-state index in [1.165, 1.54) is 0 Å². The van der Waals surface area contributed by atoms with Crippen molar-refractivity contribution in [1.29, 1.82) is 0 Å². The molecular formula is C28H30O4. The third kappa shape index (κ3) is 7.38. The van der Waals surface area contributed by atoms with Gasteiger partial charge >= 0.3 is 11.9 Å². The van der Waals surface area contributed by atoms with E-state index in [-0.39, 0.29) is 25.0 Å². The normalized spacial score (nSPS) is 11.5. The van der Waals surface area contributed by atoms with E-state index in [0.717, 1.165) is 35.1 Å². The van der Waals surface area contributed by atoms with Crippen LogP contribution in [-0.2, 0) is 32.1 Å². The fourth-order valence-corrected chi connectivity index (χ4v) is 3.42. The number of hydrogen-bond acceptors (Lipinski definition) is 4. The number of hydrogen-bond donors (Lipinski definition) is 0. The molecule has 0 aliphatic heterocycles. The minimum absolute atomic E-state index is 0.0117. The Morgan fingerprint density at radius 3 is 2.03 bits per heavy atom. The third-order valence-electron chi connectivity index (χ3n) is 5.27. The first-order valence-corrected chi connectivity index (χ1v) is 11.2. The summed E-state index contributed by atoms with van der Waals surface area (Å²) in [6.07, 6.45) is 2.20. The molecule has 166 valence electrons. The zero-order chi connectivity index (χ0) is 22.6. The highest BCUT2D eigenvalue weighted by Crippen LogP contribution is 2.22. The Balaban J connectivity index is 1.66. The van der Waals surface area contributed by atoms with E-state index in [1.807, 2.05) is 79.7 Å². The van der Waals surface area contributed by atoms with Crippen LogP contribution in [-0.4, -0.2) is 18.5 Å². The van der Waals surface area contributed by atoms with Crippen LogP contribution in [0, 0.1) is 5.92 Å². The van der Waals surface area contributed by atoms with Gasteiger partial charge in [0.05, 0.1) is 18.9 Å². The van der Waals surface area contributed by atoms with E-state index in [9.17, 15) is 9.59 Å². The molecule has 0 aromatic heterocycles. The van der Waals surface area contributed by atoms with Crippen molar-refractivity contribution in [2.45, 2.75) is 39.2 Å². The molecule has 0 saturated heterocycles. The Hall–Kier alpha value is -3.40. The number of benzene rings is 3. The average molecular weight is 431 g/mol. The molecule has 3 rings (SSSR count). The molecule has 4 nitrogen and oxygen atoms in total. The van der Waals surface area contributed by atoms with Crippen LogP contribution < -0.4 is 0 Å². The molecule has 0 amide bonds. The molecule has 0 unspecified atom stereocenters. The first-order valence-electron chi connectivity index (χ1n) is 11.2. The van der Waals surface area contributed by atoms with Gasteiger partial charge in [-0.05, 0) is 35.1 Å². The molecule has 3 aromatic carbocycles. The summed E-state index contributed by atoms with van der Waals surface area (Å²) >= 11 is 0. The lowest BCUT2D eigenvalue weighted by atomic mass is 9.94. The van der Waals surface area contributed by atoms with Crippen LogP contribution in [0.1, 0.15) is 37.3 Å². The predicted molar refractivity (Wildman–Crippen MR) is 126 cm³/mol. The second-order valence-electron chi connectivity index (χ2n) is 7.84. The average Bonchev–Trinajstić information content (AvgIpc) is 2.84. The molecule has 0 aliphatic rings. The lowest BCUT2D eigenvalue weighted by Gasteiger charge is -2.16. The van der Waals surface area contributed by atoms with Gasteiger partial charge in [0.25, 0.3) is 0 Å². The van der Waals surface area contributed by atoms with Gasteiger partial charge < -0.3 is 9.47 Å². The van der Waals surface area contributed by atoms with Gasteiger partial charge in [0, 0.05) is 0 Å². The number of esters is 2. The minimum atomic E-state index is -0.588. The Labute approximate surface area is 190 Å². The van der Waals surface area contributed by atoms with E-state index in [0.29, 0.717) is 13.0 Å². The highest BCUT2D eigenvalue weighted by Gasteiger charge is 2.25. The van der Waals surface area contributed by atoms with E-state index in [2.05, 4.69) is 12.1 Å². The molecule has 0 spiro atoms. The molecular weight excluding hydrogens is 400 g/mol. The quantitative estimate of drug-likeness (QED) is 0.277. The Morgan fingerprint density at radius 1 is 0.750 bits per heavy atom.